The normalized spacial score (nSPS) is 13.4. The summed E-state index contributed by atoms with van der Waals surface area (Å²) in [5.41, 5.74) is -0.166. The Morgan fingerprint density at radius 1 is 1.22 bits per heavy atom. The molecule has 0 fully saturated rings. The van der Waals surface area contributed by atoms with E-state index in [0.29, 0.717) is 0 Å². The number of rotatable bonds is 0. The molecule has 0 amide bonds. The van der Waals surface area contributed by atoms with E-state index in [-0.39, 0.29) is 5.54 Å². The molecule has 0 bridgehead atoms. The van der Waals surface area contributed by atoms with Gasteiger partial charge >= 0.3 is 0 Å². The lowest BCUT2D eigenvalue weighted by Crippen LogP contribution is -2.12. The van der Waals surface area contributed by atoms with Gasteiger partial charge in [-0.25, -0.2) is 4.36 Å². The average Bonchev–Trinajstić information content (AvgIpc) is 1.14. The highest BCUT2D eigenvalue weighted by Gasteiger charge is 2.07. The maximum absolute atomic E-state index is 11.0. The van der Waals surface area contributed by atoms with Crippen molar-refractivity contribution in [3.63, 3.8) is 0 Å². The predicted octanol–water partition coefficient (Wildman–Crippen LogP) is 1.51. The van der Waals surface area contributed by atoms with E-state index in [4.69, 9.17) is 0 Å². The van der Waals surface area contributed by atoms with E-state index in [1.165, 1.54) is 0 Å². The van der Waals surface area contributed by atoms with Crippen LogP contribution < -0.4 is 0 Å². The molecular formula is C6H15NOS. The molecule has 0 heterocycles. The summed E-state index contributed by atoms with van der Waals surface area (Å²) in [5.74, 6) is 0. The van der Waals surface area contributed by atoms with E-state index in [2.05, 4.69) is 4.36 Å². The van der Waals surface area contributed by atoms with Crippen molar-refractivity contribution in [3.8, 4) is 0 Å². The van der Waals surface area contributed by atoms with Gasteiger partial charge in [0.1, 0.15) is 0 Å². The van der Waals surface area contributed by atoms with Gasteiger partial charge in [-0.1, -0.05) is 0 Å². The summed E-state index contributed by atoms with van der Waals surface area (Å²) >= 11 is 0. The highest BCUT2D eigenvalue weighted by atomic mass is 32.2. The molecule has 0 rings (SSSR count). The van der Waals surface area contributed by atoms with Crippen molar-refractivity contribution in [2.24, 2.45) is 4.36 Å². The lowest BCUT2D eigenvalue weighted by molar-refractivity contribution is 0.583. The molecule has 0 saturated carbocycles. The smallest absolute Gasteiger partial charge is 0.0618 e. The van der Waals surface area contributed by atoms with Crippen molar-refractivity contribution in [1.82, 2.24) is 0 Å². The van der Waals surface area contributed by atoms with Gasteiger partial charge in [0.15, 0.2) is 0 Å². The van der Waals surface area contributed by atoms with Crippen molar-refractivity contribution in [2.75, 3.05) is 12.5 Å². The van der Waals surface area contributed by atoms with Crippen LogP contribution >= 0.6 is 0 Å². The van der Waals surface area contributed by atoms with Gasteiger partial charge in [-0.15, -0.1) is 0 Å². The summed E-state index contributed by atoms with van der Waals surface area (Å²) in [6.07, 6.45) is 3.30. The fourth-order valence-electron chi connectivity index (χ4n) is 0.660. The summed E-state index contributed by atoms with van der Waals surface area (Å²) in [5, 5.41) is 0. The van der Waals surface area contributed by atoms with E-state index in [1.807, 2.05) is 20.8 Å². The van der Waals surface area contributed by atoms with E-state index in [9.17, 15) is 4.21 Å². The zero-order chi connectivity index (χ0) is 7.71. The Morgan fingerprint density at radius 3 is 1.56 bits per heavy atom. The second kappa shape index (κ2) is 2.29. The third-order valence-electron chi connectivity index (χ3n) is 0.494. The molecule has 0 radical (unpaired) electrons. The van der Waals surface area contributed by atoms with Crippen molar-refractivity contribution in [2.45, 2.75) is 26.3 Å². The molecule has 0 aliphatic heterocycles. The van der Waals surface area contributed by atoms with Gasteiger partial charge in [-0.2, -0.15) is 0 Å². The van der Waals surface area contributed by atoms with Gasteiger partial charge in [-0.05, 0) is 20.8 Å². The summed E-state index contributed by atoms with van der Waals surface area (Å²) in [6.45, 7) is 5.83. The third-order valence-corrected chi connectivity index (χ3v) is 1.48. The van der Waals surface area contributed by atoms with Gasteiger partial charge in [0.2, 0.25) is 0 Å². The maximum atomic E-state index is 11.0. The molecule has 0 atom stereocenters. The second-order valence-corrected chi connectivity index (χ2v) is 5.99. The number of hydrogen-bond donors (Lipinski definition) is 0. The summed E-state index contributed by atoms with van der Waals surface area (Å²) < 4.78 is 15.1. The van der Waals surface area contributed by atoms with Crippen LogP contribution in [0, 0.1) is 0 Å². The Balaban J connectivity index is 4.53. The van der Waals surface area contributed by atoms with Gasteiger partial charge in [0.05, 0.1) is 5.54 Å². The van der Waals surface area contributed by atoms with Crippen LogP contribution in [0.15, 0.2) is 4.36 Å². The fraction of sp³-hybridized carbons (Fsp3) is 1.00. The maximum Gasteiger partial charge on any atom is 0.0618 e. The molecule has 9 heavy (non-hydrogen) atoms. The minimum absolute atomic E-state index is 0.166. The zero-order valence-electron chi connectivity index (χ0n) is 6.76. The van der Waals surface area contributed by atoms with E-state index >= 15 is 0 Å². The topological polar surface area (TPSA) is 29.4 Å². The van der Waals surface area contributed by atoms with Crippen LogP contribution in [0.2, 0.25) is 0 Å². The van der Waals surface area contributed by atoms with Crippen LogP contribution in [-0.4, -0.2) is 22.3 Å². The SMILES string of the molecule is CC(C)(C)N=S(C)(C)=O. The first-order valence-corrected chi connectivity index (χ1v) is 5.22. The first kappa shape index (κ1) is 8.95. The summed E-state index contributed by atoms with van der Waals surface area (Å²) in [4.78, 5) is 0. The minimum atomic E-state index is -1.91. The van der Waals surface area contributed by atoms with E-state index < -0.39 is 9.73 Å². The van der Waals surface area contributed by atoms with Crippen LogP contribution in [0.5, 0.6) is 0 Å². The molecule has 2 nitrogen and oxygen atoms in total. The molecule has 0 aromatic carbocycles. The largest absolute Gasteiger partial charge is 0.250 e. The Morgan fingerprint density at radius 2 is 1.56 bits per heavy atom. The van der Waals surface area contributed by atoms with Crippen molar-refractivity contribution in [3.05, 3.63) is 0 Å². The van der Waals surface area contributed by atoms with Crippen LogP contribution in [0.3, 0.4) is 0 Å². The monoisotopic (exact) mass is 149 g/mol. The highest BCUT2D eigenvalue weighted by Crippen LogP contribution is 2.08. The molecule has 0 saturated heterocycles. The lowest BCUT2D eigenvalue weighted by Gasteiger charge is -2.11. The molecule has 56 valence electrons. The fourth-order valence-corrected chi connectivity index (χ4v) is 1.98. The average molecular weight is 149 g/mol. The van der Waals surface area contributed by atoms with Crippen LogP contribution in [0.1, 0.15) is 20.8 Å². The van der Waals surface area contributed by atoms with Crippen molar-refractivity contribution in [1.29, 1.82) is 0 Å². The highest BCUT2D eigenvalue weighted by molar-refractivity contribution is 7.92. The summed E-state index contributed by atoms with van der Waals surface area (Å²) in [7, 11) is -1.91. The van der Waals surface area contributed by atoms with Crippen LogP contribution in [0.4, 0.5) is 0 Å². The first-order valence-electron chi connectivity index (χ1n) is 2.89. The van der Waals surface area contributed by atoms with Gasteiger partial charge in [0.25, 0.3) is 0 Å². The lowest BCUT2D eigenvalue weighted by atomic mass is 10.1. The van der Waals surface area contributed by atoms with Crippen LogP contribution in [-0.2, 0) is 9.73 Å². The van der Waals surface area contributed by atoms with Gasteiger partial charge < -0.3 is 0 Å². The van der Waals surface area contributed by atoms with E-state index in [0.717, 1.165) is 0 Å². The first-order chi connectivity index (χ1) is 3.71. The number of hydrogen-bond acceptors (Lipinski definition) is 2. The Hall–Kier alpha value is -0.0500. The van der Waals surface area contributed by atoms with Crippen molar-refractivity contribution >= 4 is 9.73 Å². The van der Waals surface area contributed by atoms with E-state index in [1.54, 1.807) is 12.5 Å². The molecule has 0 unspecified atom stereocenters. The third kappa shape index (κ3) is 7.95. The van der Waals surface area contributed by atoms with Gasteiger partial charge in [-0.3, -0.25) is 4.21 Å². The quantitative estimate of drug-likeness (QED) is 0.513. The molecule has 0 aliphatic rings. The minimum Gasteiger partial charge on any atom is -0.250 e. The molecule has 0 spiro atoms. The predicted molar refractivity (Wildman–Crippen MR) is 42.2 cm³/mol. The molecular weight excluding hydrogens is 134 g/mol. The Bertz CT molecular complexity index is 186. The Kier molecular flexibility index (Phi) is 2.28. The molecule has 0 N–H and O–H groups in total. The standard InChI is InChI=1S/C6H15NOS/c1-6(2,3)7-9(4,5)8/h1-5H3. The summed E-state index contributed by atoms with van der Waals surface area (Å²) in [6, 6.07) is 0. The molecule has 0 aliphatic carbocycles. The molecule has 0 aromatic rings. The molecule has 0 aromatic heterocycles. The zero-order valence-corrected chi connectivity index (χ0v) is 7.58. The second-order valence-electron chi connectivity index (χ2n) is 3.44. The van der Waals surface area contributed by atoms with Gasteiger partial charge in [0, 0.05) is 22.2 Å². The Labute approximate surface area is 57.8 Å². The van der Waals surface area contributed by atoms with Crippen molar-refractivity contribution < 1.29 is 4.21 Å². The molecule has 3 heteroatoms. The number of nitrogens with zero attached hydrogens (tertiary/aromatic N) is 1. The van der Waals surface area contributed by atoms with Crippen LogP contribution in [0.25, 0.3) is 0 Å².